The first-order valence-electron chi connectivity index (χ1n) is 22.5. The van der Waals surface area contributed by atoms with E-state index in [-0.39, 0.29) is 59.9 Å². The van der Waals surface area contributed by atoms with Crippen LogP contribution in [0.5, 0.6) is 5.75 Å². The maximum atomic E-state index is 14.3. The van der Waals surface area contributed by atoms with Gasteiger partial charge in [0.05, 0.1) is 24.1 Å². The van der Waals surface area contributed by atoms with Crippen LogP contribution in [0.25, 0.3) is 33.3 Å². The van der Waals surface area contributed by atoms with E-state index in [0.717, 1.165) is 76.9 Å². The molecule has 1 spiro atoms. The van der Waals surface area contributed by atoms with Gasteiger partial charge in [-0.3, -0.25) is 29.2 Å². The number of ether oxygens (including phenoxy) is 2. The number of likely N-dealkylation sites (N-methyl/N-ethyl adjacent to an activating group) is 1. The van der Waals surface area contributed by atoms with Crippen molar-refractivity contribution in [1.29, 1.82) is 0 Å². The van der Waals surface area contributed by atoms with Crippen LogP contribution in [0.1, 0.15) is 83.7 Å². The topological polar surface area (TPSA) is 167 Å². The molecule has 0 radical (unpaired) electrons. The summed E-state index contributed by atoms with van der Waals surface area (Å²) in [5.41, 5.74) is 9.92. The third-order valence-corrected chi connectivity index (χ3v) is 13.4. The summed E-state index contributed by atoms with van der Waals surface area (Å²) >= 11 is 0. The maximum absolute atomic E-state index is 14.3. The molecule has 0 bridgehead atoms. The van der Waals surface area contributed by atoms with E-state index in [4.69, 9.17) is 14.5 Å². The van der Waals surface area contributed by atoms with Crippen LogP contribution < -0.4 is 16.1 Å². The zero-order valence-corrected chi connectivity index (χ0v) is 38.1. The Bertz CT molecular complexity index is 2330. The van der Waals surface area contributed by atoms with Crippen LogP contribution in [0.3, 0.4) is 0 Å². The van der Waals surface area contributed by atoms with Gasteiger partial charge in [-0.15, -0.1) is 0 Å². The summed E-state index contributed by atoms with van der Waals surface area (Å²) in [5, 5.41) is 20.2. The van der Waals surface area contributed by atoms with E-state index in [0.29, 0.717) is 38.1 Å². The Morgan fingerprint density at radius 1 is 1.10 bits per heavy atom. The van der Waals surface area contributed by atoms with Gasteiger partial charge >= 0.3 is 0 Å². The Morgan fingerprint density at radius 2 is 1.87 bits per heavy atom. The van der Waals surface area contributed by atoms with Crippen LogP contribution in [0.2, 0.25) is 0 Å². The number of nitrogens with zero attached hydrogens (tertiary/aromatic N) is 4. The number of phenols is 1. The molecule has 3 amide bonds. The standard InChI is InChI=1S/C49H65N7O7/c1-9-55-41-15-14-33(23-37(41)38(24-48(5,6)28-63-29-57)44(55)36-13-12-16-51-42(36)31(4)62-8)34-19-32(20-35(58)22-34)21-40(47(61)56-18-11-10-17-52-56)53-45(59)43(30(2)3)54(7)46(60)39-25-49(39)26-50-27-49/h12-16,19-20,22-23,29-31,39-40,43,50,52,58H,9-11,17-18,21,24-28H2,1-8H3,(H,53,59). The molecule has 3 aliphatic rings. The number of amides is 3. The Labute approximate surface area is 371 Å². The van der Waals surface area contributed by atoms with Crippen molar-refractivity contribution in [3.8, 4) is 28.1 Å². The number of aromatic hydroxyl groups is 1. The number of phenolic OH excluding ortho intramolecular Hbond substituents is 1. The first kappa shape index (κ1) is 45.7. The number of fused-ring (bicyclic) bond motifs is 1. The van der Waals surface area contributed by atoms with Crippen LogP contribution >= 0.6 is 0 Å². The molecule has 1 saturated carbocycles. The number of aromatic nitrogens is 2. The van der Waals surface area contributed by atoms with Crippen molar-refractivity contribution in [3.05, 3.63) is 71.5 Å². The number of pyridine rings is 1. The molecule has 7 rings (SSSR count). The van der Waals surface area contributed by atoms with E-state index < -0.39 is 17.5 Å². The van der Waals surface area contributed by atoms with Gasteiger partial charge in [-0.2, -0.15) is 0 Å². The number of methoxy groups -OCH3 is 1. The van der Waals surface area contributed by atoms with E-state index in [1.54, 1.807) is 42.4 Å². The van der Waals surface area contributed by atoms with Crippen molar-refractivity contribution in [2.75, 3.05) is 46.9 Å². The van der Waals surface area contributed by atoms with Crippen molar-refractivity contribution >= 4 is 35.1 Å². The molecule has 2 aliphatic heterocycles. The molecule has 14 nitrogen and oxygen atoms in total. The molecule has 14 heteroatoms. The lowest BCUT2D eigenvalue weighted by atomic mass is 9.84. The Hall–Kier alpha value is -5.31. The second kappa shape index (κ2) is 18.8. The SMILES string of the molecule is CCn1c(-c2cccnc2C(C)OC)c(CC(C)(C)COC=O)c2cc(-c3cc(O)cc(CC(NC(=O)C(C(C)C)N(C)C(=O)C4CC45CNC5)C(=O)N4CCCCN4)c3)ccc21. The molecule has 3 fully saturated rings. The number of rotatable bonds is 18. The average molecular weight is 864 g/mol. The highest BCUT2D eigenvalue weighted by Gasteiger charge is 2.62. The smallest absolute Gasteiger partial charge is 0.293 e. The summed E-state index contributed by atoms with van der Waals surface area (Å²) in [6.45, 7) is 16.3. The second-order valence-electron chi connectivity index (χ2n) is 19.0. The van der Waals surface area contributed by atoms with Gasteiger partial charge in [-0.1, -0.05) is 39.8 Å². The predicted octanol–water partition coefficient (Wildman–Crippen LogP) is 5.79. The number of hydrogen-bond acceptors (Lipinski definition) is 10. The predicted molar refractivity (Wildman–Crippen MR) is 242 cm³/mol. The summed E-state index contributed by atoms with van der Waals surface area (Å²) in [5.74, 6) is -0.971. The van der Waals surface area contributed by atoms with Crippen LogP contribution in [0.4, 0.5) is 0 Å². The minimum absolute atomic E-state index is 0.0114. The van der Waals surface area contributed by atoms with E-state index >= 15 is 0 Å². The minimum Gasteiger partial charge on any atom is -0.508 e. The van der Waals surface area contributed by atoms with Gasteiger partial charge in [-0.05, 0) is 104 Å². The third-order valence-electron chi connectivity index (χ3n) is 13.4. The summed E-state index contributed by atoms with van der Waals surface area (Å²) in [6, 6.07) is 13.8. The summed E-state index contributed by atoms with van der Waals surface area (Å²) < 4.78 is 13.4. The fourth-order valence-corrected chi connectivity index (χ4v) is 9.82. The van der Waals surface area contributed by atoms with Crippen molar-refractivity contribution in [1.82, 2.24) is 35.5 Å². The van der Waals surface area contributed by atoms with Gasteiger partial charge in [0, 0.05) is 92.7 Å². The lowest BCUT2D eigenvalue weighted by Crippen LogP contribution is -2.59. The van der Waals surface area contributed by atoms with Crippen molar-refractivity contribution in [3.63, 3.8) is 0 Å². The number of hydrogen-bond donors (Lipinski definition) is 4. The van der Waals surface area contributed by atoms with Gasteiger partial charge in [0.1, 0.15) is 17.8 Å². The molecule has 2 aromatic heterocycles. The molecule has 63 heavy (non-hydrogen) atoms. The molecule has 2 saturated heterocycles. The number of aryl methyl sites for hydroxylation is 1. The van der Waals surface area contributed by atoms with Crippen LogP contribution in [-0.4, -0.2) is 108 Å². The Morgan fingerprint density at radius 3 is 2.51 bits per heavy atom. The molecular formula is C49H65N7O7. The molecule has 338 valence electrons. The van der Waals surface area contributed by atoms with Crippen LogP contribution in [0.15, 0.2) is 54.7 Å². The lowest BCUT2D eigenvalue weighted by Gasteiger charge is -2.35. The largest absolute Gasteiger partial charge is 0.508 e. The van der Waals surface area contributed by atoms with Crippen molar-refractivity contribution in [2.24, 2.45) is 22.7 Å². The molecule has 4 atom stereocenters. The molecule has 4 aromatic rings. The van der Waals surface area contributed by atoms with Crippen molar-refractivity contribution < 1.29 is 33.8 Å². The van der Waals surface area contributed by atoms with E-state index in [1.165, 1.54) is 0 Å². The zero-order chi connectivity index (χ0) is 45.2. The second-order valence-corrected chi connectivity index (χ2v) is 19.0. The van der Waals surface area contributed by atoms with Gasteiger partial charge in [0.15, 0.2) is 0 Å². The molecule has 4 heterocycles. The molecule has 4 unspecified atom stereocenters. The van der Waals surface area contributed by atoms with Gasteiger partial charge in [0.25, 0.3) is 12.4 Å². The number of hydrazine groups is 1. The quantitative estimate of drug-likeness (QED) is 0.0900. The van der Waals surface area contributed by atoms with E-state index in [2.05, 4.69) is 59.6 Å². The first-order valence-corrected chi connectivity index (χ1v) is 22.5. The molecule has 4 N–H and O–H groups in total. The molecular weight excluding hydrogens is 799 g/mol. The number of nitrogens with one attached hydrogen (secondary N) is 3. The summed E-state index contributed by atoms with van der Waals surface area (Å²) in [6.07, 6.45) is 4.79. The van der Waals surface area contributed by atoms with Gasteiger partial charge in [0.2, 0.25) is 11.8 Å². The lowest BCUT2D eigenvalue weighted by molar-refractivity contribution is -0.145. The van der Waals surface area contributed by atoms with Gasteiger partial charge in [-0.25, -0.2) is 5.43 Å². The fourth-order valence-electron chi connectivity index (χ4n) is 9.82. The highest BCUT2D eigenvalue weighted by atomic mass is 16.5. The van der Waals surface area contributed by atoms with E-state index in [1.807, 2.05) is 39.0 Å². The third kappa shape index (κ3) is 9.49. The average Bonchev–Trinajstić information content (AvgIpc) is 3.97. The summed E-state index contributed by atoms with van der Waals surface area (Å²) in [4.78, 5) is 60.0. The molecule has 2 aromatic carbocycles. The number of carbonyl (C=O) groups is 4. The Balaban J connectivity index is 1.25. The maximum Gasteiger partial charge on any atom is 0.293 e. The van der Waals surface area contributed by atoms with Gasteiger partial charge < -0.3 is 34.7 Å². The molecule has 1 aliphatic carbocycles. The highest BCUT2D eigenvalue weighted by molar-refractivity contribution is 5.96. The highest BCUT2D eigenvalue weighted by Crippen LogP contribution is 2.56. The first-order chi connectivity index (χ1) is 30.1. The number of benzene rings is 2. The monoisotopic (exact) mass is 863 g/mol. The Kier molecular flexibility index (Phi) is 13.6. The van der Waals surface area contributed by atoms with E-state index in [9.17, 15) is 24.3 Å². The van der Waals surface area contributed by atoms with Crippen LogP contribution in [-0.2, 0) is 48.0 Å². The number of carbonyl (C=O) groups excluding carboxylic acids is 4. The zero-order valence-electron chi connectivity index (χ0n) is 38.1. The van der Waals surface area contributed by atoms with Crippen molar-refractivity contribution in [2.45, 2.75) is 98.4 Å². The minimum atomic E-state index is -0.972. The normalized spacial score (nSPS) is 18.4. The fraction of sp³-hybridized carbons (Fsp3) is 0.531. The van der Waals surface area contributed by atoms with Crippen LogP contribution in [0, 0.1) is 22.7 Å². The summed E-state index contributed by atoms with van der Waals surface area (Å²) in [7, 11) is 3.37.